The second-order valence-electron chi connectivity index (χ2n) is 1.44. The molecule has 0 aromatic heterocycles. The minimum absolute atomic E-state index is 0. The monoisotopic (exact) mass is 243 g/mol. The van der Waals surface area contributed by atoms with Crippen molar-refractivity contribution >= 4 is 36.7 Å². The third-order valence-electron chi connectivity index (χ3n) is 0.565. The summed E-state index contributed by atoms with van der Waals surface area (Å²) < 4.78 is 13.4. The normalized spacial score (nSPS) is 11.6. The van der Waals surface area contributed by atoms with Gasteiger partial charge in [-0.2, -0.15) is 0 Å². The predicted molar refractivity (Wildman–Crippen MR) is 50.7 cm³/mol. The number of aliphatic hydroxyl groups excluding tert-OH is 1. The van der Waals surface area contributed by atoms with Gasteiger partial charge in [-0.1, -0.05) is 14.9 Å². The SMILES string of the molecule is C.C.O.O=C(CO)COP(=O)([O-])O.[Mg+2]. The Labute approximate surface area is 99.2 Å². The first-order valence-electron chi connectivity index (χ1n) is 2.26. The average molecular weight is 243 g/mol. The fourth-order valence-electron chi connectivity index (χ4n) is 0.199. The van der Waals surface area contributed by atoms with Crippen LogP contribution in [0.5, 0.6) is 0 Å². The van der Waals surface area contributed by atoms with E-state index < -0.39 is 26.8 Å². The average Bonchev–Trinajstić information content (AvgIpc) is 1.81. The molecule has 4 N–H and O–H groups in total. The van der Waals surface area contributed by atoms with Gasteiger partial charge in [0.2, 0.25) is 0 Å². The van der Waals surface area contributed by atoms with Crippen LogP contribution in [-0.4, -0.2) is 57.5 Å². The molecule has 0 heterocycles. The van der Waals surface area contributed by atoms with Crippen molar-refractivity contribution in [2.45, 2.75) is 14.9 Å². The molecule has 9 heteroatoms. The van der Waals surface area contributed by atoms with Gasteiger partial charge in [0.1, 0.15) is 13.2 Å². The molecule has 0 aromatic carbocycles. The molecule has 0 bridgehead atoms. The number of carbonyl (C=O) groups is 1. The Balaban J connectivity index is -0.0000000675. The zero-order valence-electron chi connectivity index (χ0n) is 6.10. The van der Waals surface area contributed by atoms with Gasteiger partial charge in [-0.05, 0) is 0 Å². The Bertz CT molecular complexity index is 167. The molecule has 0 amide bonds. The molecular weight excluding hydrogens is 227 g/mol. The standard InChI is InChI=1S/C3H7O6P.2CH4.Mg.H2O/c4-1-3(5)2-9-10(6,7)8;;;;/h4H,1-2H2,(H2,6,7,8);2*1H4;;1H2/q;;;+2;/p-1. The molecule has 0 aliphatic carbocycles. The molecule has 0 saturated heterocycles. The van der Waals surface area contributed by atoms with E-state index in [-0.39, 0.29) is 43.4 Å². The summed E-state index contributed by atoms with van der Waals surface area (Å²) in [5.74, 6) is -0.815. The predicted octanol–water partition coefficient (Wildman–Crippen LogP) is -1.91. The number of phosphoric acid groups is 1. The Morgan fingerprint density at radius 3 is 2.00 bits per heavy atom. The third kappa shape index (κ3) is 22.9. The molecule has 0 aromatic rings. The summed E-state index contributed by atoms with van der Waals surface area (Å²) in [6.45, 7) is -1.63. The second-order valence-corrected chi connectivity index (χ2v) is 2.63. The fourth-order valence-corrected chi connectivity index (χ4v) is 0.506. The fraction of sp³-hybridized carbons (Fsp3) is 0.800. The van der Waals surface area contributed by atoms with Crippen LogP contribution in [0.4, 0.5) is 0 Å². The molecular formula is C5H16MgO7P+. The molecule has 14 heavy (non-hydrogen) atoms. The molecule has 0 fully saturated rings. The van der Waals surface area contributed by atoms with E-state index in [0.717, 1.165) is 0 Å². The summed E-state index contributed by atoms with van der Waals surface area (Å²) in [5, 5.41) is 8.03. The number of aliphatic hydroxyl groups is 1. The van der Waals surface area contributed by atoms with Crippen molar-refractivity contribution in [2.75, 3.05) is 13.2 Å². The molecule has 1 atom stereocenters. The number of phosphoric ester groups is 1. The van der Waals surface area contributed by atoms with Crippen molar-refractivity contribution in [2.24, 2.45) is 0 Å². The molecule has 0 rings (SSSR count). The first-order chi connectivity index (χ1) is 4.45. The third-order valence-corrected chi connectivity index (χ3v) is 1.02. The smallest absolute Gasteiger partial charge is 0.756 e. The summed E-state index contributed by atoms with van der Waals surface area (Å²) in [4.78, 5) is 27.8. The Morgan fingerprint density at radius 2 is 1.79 bits per heavy atom. The minimum Gasteiger partial charge on any atom is -0.756 e. The van der Waals surface area contributed by atoms with E-state index in [4.69, 9.17) is 10.00 Å². The van der Waals surface area contributed by atoms with Gasteiger partial charge >= 0.3 is 23.1 Å². The Morgan fingerprint density at radius 1 is 1.43 bits per heavy atom. The van der Waals surface area contributed by atoms with Gasteiger partial charge in [0.15, 0.2) is 5.78 Å². The van der Waals surface area contributed by atoms with Gasteiger partial charge in [0.05, 0.1) is 0 Å². The molecule has 0 aliphatic rings. The maximum absolute atomic E-state index is 10.1. The largest absolute Gasteiger partial charge is 2.00 e. The Hall–Kier alpha value is 0.466. The molecule has 0 radical (unpaired) electrons. The molecule has 0 aliphatic heterocycles. The van der Waals surface area contributed by atoms with Crippen molar-refractivity contribution in [3.05, 3.63) is 0 Å². The van der Waals surface area contributed by atoms with Gasteiger partial charge in [-0.15, -0.1) is 0 Å². The van der Waals surface area contributed by atoms with Crippen molar-refractivity contribution in [1.29, 1.82) is 0 Å². The minimum atomic E-state index is -4.81. The topological polar surface area (TPSA) is 138 Å². The van der Waals surface area contributed by atoms with Crippen LogP contribution < -0.4 is 4.89 Å². The first-order valence-corrected chi connectivity index (χ1v) is 3.76. The van der Waals surface area contributed by atoms with E-state index in [0.29, 0.717) is 0 Å². The molecule has 84 valence electrons. The van der Waals surface area contributed by atoms with E-state index in [9.17, 15) is 14.3 Å². The van der Waals surface area contributed by atoms with Gasteiger partial charge in [-0.3, -0.25) is 9.36 Å². The summed E-state index contributed by atoms with van der Waals surface area (Å²) >= 11 is 0. The van der Waals surface area contributed by atoms with Crippen LogP contribution in [0.3, 0.4) is 0 Å². The van der Waals surface area contributed by atoms with Gasteiger partial charge < -0.3 is 24.9 Å². The maximum Gasteiger partial charge on any atom is 2.00 e. The molecule has 0 spiro atoms. The number of Topliss-reactive ketones (excluding diaryl/α,β-unsaturated/α-hetero) is 1. The van der Waals surface area contributed by atoms with Crippen LogP contribution in [0.1, 0.15) is 14.9 Å². The van der Waals surface area contributed by atoms with Crippen molar-refractivity contribution < 1.29 is 34.3 Å². The number of hydrogen-bond acceptors (Lipinski definition) is 5. The zero-order valence-corrected chi connectivity index (χ0v) is 8.40. The maximum atomic E-state index is 10.1. The summed E-state index contributed by atoms with van der Waals surface area (Å²) in [5.41, 5.74) is 0. The van der Waals surface area contributed by atoms with E-state index in [1.54, 1.807) is 0 Å². The Kier molecular flexibility index (Phi) is 28.2. The second kappa shape index (κ2) is 13.5. The van der Waals surface area contributed by atoms with Crippen molar-refractivity contribution in [1.82, 2.24) is 0 Å². The van der Waals surface area contributed by atoms with Crippen LogP contribution >= 0.6 is 7.82 Å². The van der Waals surface area contributed by atoms with Crippen LogP contribution in [0.15, 0.2) is 0 Å². The van der Waals surface area contributed by atoms with Crippen LogP contribution in [0, 0.1) is 0 Å². The molecule has 1 unspecified atom stereocenters. The van der Waals surface area contributed by atoms with Crippen LogP contribution in [0.25, 0.3) is 0 Å². The number of ketones is 1. The quantitative estimate of drug-likeness (QED) is 0.436. The van der Waals surface area contributed by atoms with E-state index in [1.165, 1.54) is 0 Å². The number of carbonyl (C=O) groups excluding carboxylic acids is 1. The van der Waals surface area contributed by atoms with E-state index in [1.807, 2.05) is 0 Å². The summed E-state index contributed by atoms with van der Waals surface area (Å²) in [6.07, 6.45) is 0. The number of hydrogen-bond donors (Lipinski definition) is 2. The summed E-state index contributed by atoms with van der Waals surface area (Å²) in [7, 11) is -4.81. The summed E-state index contributed by atoms with van der Waals surface area (Å²) in [6, 6.07) is 0. The van der Waals surface area contributed by atoms with E-state index >= 15 is 0 Å². The van der Waals surface area contributed by atoms with Crippen LogP contribution in [-0.2, 0) is 13.9 Å². The number of rotatable bonds is 4. The van der Waals surface area contributed by atoms with Crippen molar-refractivity contribution in [3.63, 3.8) is 0 Å². The van der Waals surface area contributed by atoms with Gasteiger partial charge in [0.25, 0.3) is 7.82 Å². The van der Waals surface area contributed by atoms with Gasteiger partial charge in [-0.25, -0.2) is 0 Å². The zero-order chi connectivity index (χ0) is 8.20. The van der Waals surface area contributed by atoms with Crippen molar-refractivity contribution in [3.8, 4) is 0 Å². The molecule has 0 saturated carbocycles. The first kappa shape index (κ1) is 29.3. The van der Waals surface area contributed by atoms with Crippen LogP contribution in [0.2, 0.25) is 0 Å². The molecule has 7 nitrogen and oxygen atoms in total. The van der Waals surface area contributed by atoms with Gasteiger partial charge in [0, 0.05) is 0 Å². The van der Waals surface area contributed by atoms with E-state index in [2.05, 4.69) is 4.52 Å².